The van der Waals surface area contributed by atoms with E-state index in [0.717, 1.165) is 25.5 Å². The molecule has 1 aromatic rings. The van der Waals surface area contributed by atoms with Gasteiger partial charge in [-0.15, -0.1) is 24.0 Å². The second kappa shape index (κ2) is 8.49. The van der Waals surface area contributed by atoms with Gasteiger partial charge in [-0.2, -0.15) is 11.3 Å². The standard InChI is InChI=1S/C16H25N3OS.HI/c1-3-17-16(18-9-11(2)12-6-7-21-10-12)19-14-8-13-4-5-15(14)20-13;/h6-7,10-11,13-15H,3-5,8-9H2,1-2H3,(H2,17,18,19);1H. The summed E-state index contributed by atoms with van der Waals surface area (Å²) in [5.74, 6) is 1.39. The zero-order valence-corrected chi connectivity index (χ0v) is 16.4. The van der Waals surface area contributed by atoms with Crippen LogP contribution in [-0.2, 0) is 4.74 Å². The van der Waals surface area contributed by atoms with Crippen molar-refractivity contribution >= 4 is 41.3 Å². The molecule has 0 aromatic carbocycles. The first-order valence-electron chi connectivity index (χ1n) is 7.98. The maximum atomic E-state index is 5.90. The molecular weight excluding hydrogens is 409 g/mol. The minimum Gasteiger partial charge on any atom is -0.373 e. The van der Waals surface area contributed by atoms with E-state index in [1.165, 1.54) is 18.4 Å². The number of hydrogen-bond donors (Lipinski definition) is 2. The number of halogens is 1. The van der Waals surface area contributed by atoms with E-state index in [0.29, 0.717) is 24.2 Å². The summed E-state index contributed by atoms with van der Waals surface area (Å²) < 4.78 is 5.90. The fourth-order valence-corrected chi connectivity index (χ4v) is 3.96. The SMILES string of the molecule is CCNC(=NCC(C)c1ccsc1)NC1CC2CCC1O2.I. The molecule has 6 heteroatoms. The molecule has 2 aliphatic rings. The van der Waals surface area contributed by atoms with Gasteiger partial charge in [-0.3, -0.25) is 4.99 Å². The number of hydrogen-bond acceptors (Lipinski definition) is 3. The Hall–Kier alpha value is -0.340. The van der Waals surface area contributed by atoms with E-state index in [9.17, 15) is 0 Å². The highest BCUT2D eigenvalue weighted by Crippen LogP contribution is 2.34. The average Bonchev–Trinajstić information content (AvgIpc) is 3.21. The van der Waals surface area contributed by atoms with Crippen LogP contribution in [0.2, 0.25) is 0 Å². The highest BCUT2D eigenvalue weighted by molar-refractivity contribution is 14.0. The number of fused-ring (bicyclic) bond motifs is 2. The number of thiophene rings is 1. The summed E-state index contributed by atoms with van der Waals surface area (Å²) in [5.41, 5.74) is 1.38. The average molecular weight is 435 g/mol. The molecule has 0 saturated carbocycles. The number of aliphatic imine (C=N–C) groups is 1. The van der Waals surface area contributed by atoms with Crippen LogP contribution in [0.5, 0.6) is 0 Å². The van der Waals surface area contributed by atoms with Crippen molar-refractivity contribution < 1.29 is 4.74 Å². The Kier molecular flexibility index (Phi) is 6.95. The molecule has 0 amide bonds. The lowest BCUT2D eigenvalue weighted by Crippen LogP contribution is -2.47. The van der Waals surface area contributed by atoms with Crippen molar-refractivity contribution in [1.82, 2.24) is 10.6 Å². The number of guanidine groups is 1. The predicted octanol–water partition coefficient (Wildman–Crippen LogP) is 3.34. The van der Waals surface area contributed by atoms with Gasteiger partial charge in [0.05, 0.1) is 18.2 Å². The summed E-state index contributed by atoms with van der Waals surface area (Å²) in [6.07, 6.45) is 4.39. The van der Waals surface area contributed by atoms with Gasteiger partial charge < -0.3 is 15.4 Å². The van der Waals surface area contributed by atoms with Crippen molar-refractivity contribution in [2.75, 3.05) is 13.1 Å². The lowest BCUT2D eigenvalue weighted by atomic mass is 9.96. The first-order chi connectivity index (χ1) is 10.3. The van der Waals surface area contributed by atoms with Crippen LogP contribution in [-0.4, -0.2) is 37.3 Å². The van der Waals surface area contributed by atoms with Crippen LogP contribution in [0.15, 0.2) is 21.8 Å². The van der Waals surface area contributed by atoms with E-state index < -0.39 is 0 Å². The zero-order valence-electron chi connectivity index (χ0n) is 13.2. The Morgan fingerprint density at radius 2 is 2.36 bits per heavy atom. The largest absolute Gasteiger partial charge is 0.373 e. The molecule has 2 fully saturated rings. The molecule has 0 aliphatic carbocycles. The smallest absolute Gasteiger partial charge is 0.191 e. The third-order valence-corrected chi connectivity index (χ3v) is 5.11. The van der Waals surface area contributed by atoms with Crippen LogP contribution in [0.1, 0.15) is 44.6 Å². The third-order valence-electron chi connectivity index (χ3n) is 4.41. The molecule has 124 valence electrons. The summed E-state index contributed by atoms with van der Waals surface area (Å²) >= 11 is 1.75. The van der Waals surface area contributed by atoms with Crippen molar-refractivity contribution in [3.8, 4) is 0 Å². The summed E-state index contributed by atoms with van der Waals surface area (Å²) in [4.78, 5) is 4.76. The quantitative estimate of drug-likeness (QED) is 0.424. The van der Waals surface area contributed by atoms with Gasteiger partial charge in [-0.1, -0.05) is 6.92 Å². The van der Waals surface area contributed by atoms with Crippen LogP contribution < -0.4 is 10.6 Å². The Labute approximate surface area is 154 Å². The monoisotopic (exact) mass is 435 g/mol. The molecule has 0 spiro atoms. The Balaban J connectivity index is 0.00000176. The normalized spacial score (nSPS) is 28.3. The molecule has 2 aliphatic heterocycles. The predicted molar refractivity (Wildman–Crippen MR) is 104 cm³/mol. The summed E-state index contributed by atoms with van der Waals surface area (Å²) in [6, 6.07) is 2.62. The van der Waals surface area contributed by atoms with E-state index >= 15 is 0 Å². The van der Waals surface area contributed by atoms with Gasteiger partial charge in [0.25, 0.3) is 0 Å². The minimum atomic E-state index is 0. The molecule has 0 radical (unpaired) electrons. The molecule has 4 nitrogen and oxygen atoms in total. The van der Waals surface area contributed by atoms with Crippen LogP contribution in [0.4, 0.5) is 0 Å². The minimum absolute atomic E-state index is 0. The third kappa shape index (κ3) is 4.35. The van der Waals surface area contributed by atoms with E-state index in [4.69, 9.17) is 9.73 Å². The molecule has 2 bridgehead atoms. The Morgan fingerprint density at radius 3 is 2.95 bits per heavy atom. The van der Waals surface area contributed by atoms with E-state index in [2.05, 4.69) is 41.3 Å². The van der Waals surface area contributed by atoms with Gasteiger partial charge >= 0.3 is 0 Å². The number of ether oxygens (including phenoxy) is 1. The van der Waals surface area contributed by atoms with E-state index in [1.807, 2.05) is 0 Å². The van der Waals surface area contributed by atoms with Crippen molar-refractivity contribution in [2.24, 2.45) is 4.99 Å². The molecule has 1 aromatic heterocycles. The molecule has 2 N–H and O–H groups in total. The number of rotatable bonds is 5. The van der Waals surface area contributed by atoms with E-state index in [1.54, 1.807) is 11.3 Å². The second-order valence-electron chi connectivity index (χ2n) is 6.04. The second-order valence-corrected chi connectivity index (χ2v) is 6.82. The topological polar surface area (TPSA) is 45.7 Å². The van der Waals surface area contributed by atoms with Gasteiger partial charge in [0.15, 0.2) is 5.96 Å². The number of nitrogens with one attached hydrogen (secondary N) is 2. The van der Waals surface area contributed by atoms with Gasteiger partial charge in [0.1, 0.15) is 0 Å². The molecule has 3 rings (SSSR count). The summed E-state index contributed by atoms with van der Waals surface area (Å²) in [5, 5.41) is 11.3. The van der Waals surface area contributed by atoms with Gasteiger partial charge in [-0.05, 0) is 48.6 Å². The molecule has 22 heavy (non-hydrogen) atoms. The van der Waals surface area contributed by atoms with Crippen LogP contribution >= 0.6 is 35.3 Å². The van der Waals surface area contributed by atoms with Crippen molar-refractivity contribution in [3.05, 3.63) is 22.4 Å². The van der Waals surface area contributed by atoms with Crippen molar-refractivity contribution in [2.45, 2.75) is 57.3 Å². The highest BCUT2D eigenvalue weighted by Gasteiger charge is 2.41. The van der Waals surface area contributed by atoms with Gasteiger partial charge in [0.2, 0.25) is 0 Å². The summed E-state index contributed by atoms with van der Waals surface area (Å²) in [7, 11) is 0. The number of nitrogens with zero attached hydrogens (tertiary/aromatic N) is 1. The van der Waals surface area contributed by atoms with Gasteiger partial charge in [-0.25, -0.2) is 0 Å². The zero-order chi connectivity index (χ0) is 14.7. The van der Waals surface area contributed by atoms with Gasteiger partial charge in [0, 0.05) is 19.0 Å². The van der Waals surface area contributed by atoms with Crippen molar-refractivity contribution in [1.29, 1.82) is 0 Å². The molecular formula is C16H26IN3OS. The lowest BCUT2D eigenvalue weighted by molar-refractivity contribution is 0.0992. The van der Waals surface area contributed by atoms with Crippen LogP contribution in [0, 0.1) is 0 Å². The molecule has 3 heterocycles. The molecule has 4 atom stereocenters. The first-order valence-corrected chi connectivity index (χ1v) is 8.93. The Bertz CT molecular complexity index is 480. The highest BCUT2D eigenvalue weighted by atomic mass is 127. The fourth-order valence-electron chi connectivity index (χ4n) is 3.17. The first kappa shape index (κ1) is 18.0. The van der Waals surface area contributed by atoms with Crippen LogP contribution in [0.3, 0.4) is 0 Å². The lowest BCUT2D eigenvalue weighted by Gasteiger charge is -2.23. The summed E-state index contributed by atoms with van der Waals surface area (Å²) in [6.45, 7) is 6.04. The maximum Gasteiger partial charge on any atom is 0.191 e. The van der Waals surface area contributed by atoms with E-state index in [-0.39, 0.29) is 24.0 Å². The maximum absolute atomic E-state index is 5.90. The van der Waals surface area contributed by atoms with Crippen LogP contribution in [0.25, 0.3) is 0 Å². The fraction of sp³-hybridized carbons (Fsp3) is 0.688. The van der Waals surface area contributed by atoms with Crippen molar-refractivity contribution in [3.63, 3.8) is 0 Å². The Morgan fingerprint density at radius 1 is 1.50 bits per heavy atom. The molecule has 2 saturated heterocycles. The molecule has 4 unspecified atom stereocenters.